The lowest BCUT2D eigenvalue weighted by molar-refractivity contribution is -0.137. The molecular weight excluding hydrogens is 249 g/mol. The first-order valence-corrected chi connectivity index (χ1v) is 5.21. The van der Waals surface area contributed by atoms with Crippen molar-refractivity contribution in [3.05, 3.63) is 29.6 Å². The summed E-state index contributed by atoms with van der Waals surface area (Å²) >= 11 is 0. The van der Waals surface area contributed by atoms with Crippen LogP contribution in [0.25, 0.3) is 0 Å². The maximum atomic E-state index is 12.0. The van der Waals surface area contributed by atoms with E-state index < -0.39 is 18.6 Å². The quantitative estimate of drug-likeness (QED) is 0.883. The second-order valence-electron chi connectivity index (χ2n) is 3.95. The lowest BCUT2D eigenvalue weighted by Crippen LogP contribution is -2.24. The molecule has 0 saturated carbocycles. The molecule has 0 radical (unpaired) electrons. The predicted octanol–water partition coefficient (Wildman–Crippen LogP) is 2.16. The van der Waals surface area contributed by atoms with E-state index in [0.29, 0.717) is 5.69 Å². The van der Waals surface area contributed by atoms with Gasteiger partial charge in [-0.15, -0.1) is 0 Å². The fraction of sp³-hybridized carbons (Fsp3) is 0.455. The summed E-state index contributed by atoms with van der Waals surface area (Å²) in [4.78, 5) is 15.9. The number of rotatable bonds is 5. The van der Waals surface area contributed by atoms with Crippen molar-refractivity contribution in [1.82, 2.24) is 9.88 Å². The third kappa shape index (κ3) is 5.13. The largest absolute Gasteiger partial charge is 0.478 e. The van der Waals surface area contributed by atoms with Crippen LogP contribution in [0.2, 0.25) is 0 Å². The van der Waals surface area contributed by atoms with E-state index in [4.69, 9.17) is 5.11 Å². The molecular formula is C11H13F3N2O2. The average Bonchev–Trinajstić information content (AvgIpc) is 2.26. The zero-order chi connectivity index (χ0) is 13.8. The number of aromatic nitrogens is 1. The molecule has 0 saturated heterocycles. The van der Waals surface area contributed by atoms with Crippen molar-refractivity contribution in [3.63, 3.8) is 0 Å². The van der Waals surface area contributed by atoms with Gasteiger partial charge in [-0.1, -0.05) is 0 Å². The highest BCUT2D eigenvalue weighted by Gasteiger charge is 2.27. The van der Waals surface area contributed by atoms with Gasteiger partial charge in [0.15, 0.2) is 0 Å². The molecule has 7 heteroatoms. The van der Waals surface area contributed by atoms with Crippen LogP contribution in [-0.2, 0) is 6.54 Å². The van der Waals surface area contributed by atoms with Gasteiger partial charge in [-0.25, -0.2) is 4.79 Å². The Hall–Kier alpha value is -1.63. The van der Waals surface area contributed by atoms with Crippen LogP contribution in [0.5, 0.6) is 0 Å². The van der Waals surface area contributed by atoms with Crippen molar-refractivity contribution in [2.45, 2.75) is 19.1 Å². The van der Waals surface area contributed by atoms with E-state index in [1.807, 2.05) is 0 Å². The van der Waals surface area contributed by atoms with E-state index in [2.05, 4.69) is 4.98 Å². The molecule has 0 aliphatic rings. The zero-order valence-corrected chi connectivity index (χ0v) is 9.74. The van der Waals surface area contributed by atoms with E-state index in [0.717, 1.165) is 0 Å². The third-order valence-electron chi connectivity index (χ3n) is 2.28. The molecule has 1 N–H and O–H groups in total. The van der Waals surface area contributed by atoms with Crippen LogP contribution in [0.4, 0.5) is 13.2 Å². The molecule has 0 spiro atoms. The monoisotopic (exact) mass is 262 g/mol. The number of carboxylic acid groups (broad SMARTS) is 1. The van der Waals surface area contributed by atoms with Crippen LogP contribution in [0.3, 0.4) is 0 Å². The number of carboxylic acids is 1. The summed E-state index contributed by atoms with van der Waals surface area (Å²) in [5.41, 5.74) is 0.585. The molecule has 100 valence electrons. The van der Waals surface area contributed by atoms with Crippen molar-refractivity contribution < 1.29 is 23.1 Å². The molecule has 0 atom stereocenters. The molecule has 0 fully saturated rings. The van der Waals surface area contributed by atoms with E-state index in [9.17, 15) is 18.0 Å². The van der Waals surface area contributed by atoms with E-state index in [1.165, 1.54) is 23.2 Å². The maximum absolute atomic E-state index is 12.0. The van der Waals surface area contributed by atoms with Gasteiger partial charge in [0, 0.05) is 19.3 Å². The van der Waals surface area contributed by atoms with Gasteiger partial charge in [-0.05, 0) is 19.2 Å². The molecule has 1 rings (SSSR count). The third-order valence-corrected chi connectivity index (χ3v) is 2.28. The predicted molar refractivity (Wildman–Crippen MR) is 58.2 cm³/mol. The first kappa shape index (κ1) is 14.4. The van der Waals surface area contributed by atoms with Crippen LogP contribution in [-0.4, -0.2) is 40.7 Å². The van der Waals surface area contributed by atoms with Gasteiger partial charge in [0.2, 0.25) is 0 Å². The van der Waals surface area contributed by atoms with Crippen LogP contribution < -0.4 is 0 Å². The minimum Gasteiger partial charge on any atom is -0.478 e. The number of pyridine rings is 1. The molecule has 1 heterocycles. The van der Waals surface area contributed by atoms with Gasteiger partial charge < -0.3 is 10.0 Å². The van der Waals surface area contributed by atoms with Gasteiger partial charge >= 0.3 is 12.1 Å². The molecule has 0 aliphatic heterocycles. The molecule has 0 aromatic carbocycles. The summed E-state index contributed by atoms with van der Waals surface area (Å²) in [7, 11) is 1.55. The molecule has 0 amide bonds. The molecule has 0 unspecified atom stereocenters. The Morgan fingerprint density at radius 3 is 2.56 bits per heavy atom. The SMILES string of the molecule is CN(CCC(F)(F)F)Cc1ccc(C(=O)O)cn1. The smallest absolute Gasteiger partial charge is 0.390 e. The number of hydrogen-bond acceptors (Lipinski definition) is 3. The topological polar surface area (TPSA) is 53.4 Å². The summed E-state index contributed by atoms with van der Waals surface area (Å²) in [6, 6.07) is 2.87. The van der Waals surface area contributed by atoms with E-state index in [-0.39, 0.29) is 18.7 Å². The number of hydrogen-bond donors (Lipinski definition) is 1. The van der Waals surface area contributed by atoms with Crippen LogP contribution in [0, 0.1) is 0 Å². The number of halogens is 3. The molecule has 1 aromatic rings. The number of nitrogens with zero attached hydrogens (tertiary/aromatic N) is 2. The Labute approximate surface area is 102 Å². The second-order valence-corrected chi connectivity index (χ2v) is 3.95. The van der Waals surface area contributed by atoms with Crippen LogP contribution in [0.1, 0.15) is 22.5 Å². The van der Waals surface area contributed by atoms with Crippen molar-refractivity contribution in [3.8, 4) is 0 Å². The zero-order valence-electron chi connectivity index (χ0n) is 9.74. The highest BCUT2D eigenvalue weighted by atomic mass is 19.4. The number of carbonyl (C=O) groups is 1. The summed E-state index contributed by atoms with van der Waals surface area (Å²) in [6.07, 6.45) is -3.86. The normalized spacial score (nSPS) is 11.8. The van der Waals surface area contributed by atoms with Gasteiger partial charge in [0.1, 0.15) is 0 Å². The van der Waals surface area contributed by atoms with Gasteiger partial charge in [0.25, 0.3) is 0 Å². The van der Waals surface area contributed by atoms with Gasteiger partial charge in [-0.2, -0.15) is 13.2 Å². The summed E-state index contributed by atoms with van der Waals surface area (Å²) in [5.74, 6) is -1.08. The fourth-order valence-electron chi connectivity index (χ4n) is 1.32. The highest BCUT2D eigenvalue weighted by Crippen LogP contribution is 2.19. The van der Waals surface area contributed by atoms with Crippen molar-refractivity contribution in [2.75, 3.05) is 13.6 Å². The minimum atomic E-state index is -4.17. The van der Waals surface area contributed by atoms with Gasteiger partial charge in [-0.3, -0.25) is 4.98 Å². The Kier molecular flexibility index (Phi) is 4.66. The Bertz CT molecular complexity index is 404. The van der Waals surface area contributed by atoms with Gasteiger partial charge in [0.05, 0.1) is 17.7 Å². The lowest BCUT2D eigenvalue weighted by atomic mass is 10.2. The maximum Gasteiger partial charge on any atom is 0.390 e. The molecule has 0 aliphatic carbocycles. The van der Waals surface area contributed by atoms with Crippen molar-refractivity contribution in [1.29, 1.82) is 0 Å². The first-order chi connectivity index (χ1) is 8.28. The summed E-state index contributed by atoms with van der Waals surface area (Å²) in [6.45, 7) is 0.127. The average molecular weight is 262 g/mol. The van der Waals surface area contributed by atoms with E-state index >= 15 is 0 Å². The van der Waals surface area contributed by atoms with E-state index in [1.54, 1.807) is 7.05 Å². The molecule has 1 aromatic heterocycles. The Balaban J connectivity index is 2.49. The molecule has 18 heavy (non-hydrogen) atoms. The number of aromatic carboxylic acids is 1. The fourth-order valence-corrected chi connectivity index (χ4v) is 1.32. The second kappa shape index (κ2) is 5.81. The summed E-state index contributed by atoms with van der Waals surface area (Å²) < 4.78 is 36.0. The molecule has 4 nitrogen and oxygen atoms in total. The first-order valence-electron chi connectivity index (χ1n) is 5.21. The van der Waals surface area contributed by atoms with Crippen LogP contribution >= 0.6 is 0 Å². The standard InChI is InChI=1S/C11H13F3N2O2/c1-16(5-4-11(12,13)14)7-9-3-2-8(6-15-9)10(17)18/h2-3,6H,4-5,7H2,1H3,(H,17,18). The Morgan fingerprint density at radius 1 is 1.44 bits per heavy atom. The van der Waals surface area contributed by atoms with Crippen molar-refractivity contribution >= 4 is 5.97 Å². The Morgan fingerprint density at radius 2 is 2.11 bits per heavy atom. The number of alkyl halides is 3. The minimum absolute atomic E-state index is 0.0525. The van der Waals surface area contributed by atoms with Crippen LogP contribution in [0.15, 0.2) is 18.3 Å². The lowest BCUT2D eigenvalue weighted by Gasteiger charge is -2.17. The van der Waals surface area contributed by atoms with Crippen molar-refractivity contribution in [2.24, 2.45) is 0 Å². The molecule has 0 bridgehead atoms. The highest BCUT2D eigenvalue weighted by molar-refractivity contribution is 5.87. The summed E-state index contributed by atoms with van der Waals surface area (Å²) in [5, 5.41) is 8.66.